The fourth-order valence-electron chi connectivity index (χ4n) is 6.05. The van der Waals surface area contributed by atoms with E-state index >= 15 is 0 Å². The summed E-state index contributed by atoms with van der Waals surface area (Å²) in [6, 6.07) is 8.03. The van der Waals surface area contributed by atoms with Gasteiger partial charge >= 0.3 is 6.01 Å². The van der Waals surface area contributed by atoms with E-state index in [0.29, 0.717) is 31.3 Å². The van der Waals surface area contributed by atoms with Gasteiger partial charge in [-0.25, -0.2) is 18.5 Å². The SMILES string of the molecule is O=S1(=O)c2nc(n[nH]2)Oc2c(ccc3c2CCC3)-c2ccnc(c2)OCCCN2CCC3(C2)CN1C3. The molecule has 2 fully saturated rings. The number of hydrogen-bond acceptors (Lipinski definition) is 8. The van der Waals surface area contributed by atoms with Crippen LogP contribution in [0.25, 0.3) is 11.1 Å². The Balaban J connectivity index is 1.29. The summed E-state index contributed by atoms with van der Waals surface area (Å²) in [6.45, 7) is 4.38. The molecule has 1 aromatic carbocycles. The Morgan fingerprint density at radius 1 is 1.06 bits per heavy atom. The zero-order chi connectivity index (χ0) is 24.3. The minimum absolute atomic E-state index is 0.000786. The first-order valence-corrected chi connectivity index (χ1v) is 14.0. The molecule has 7 bridgehead atoms. The molecule has 1 aliphatic carbocycles. The van der Waals surface area contributed by atoms with E-state index in [1.54, 1.807) is 6.20 Å². The van der Waals surface area contributed by atoms with Crippen LogP contribution in [-0.4, -0.2) is 77.1 Å². The highest BCUT2D eigenvalue weighted by molar-refractivity contribution is 7.89. The van der Waals surface area contributed by atoms with Gasteiger partial charge in [-0.3, -0.25) is 0 Å². The predicted molar refractivity (Wildman–Crippen MR) is 131 cm³/mol. The number of hydrogen-bond donors (Lipinski definition) is 1. The maximum atomic E-state index is 13.3. The number of rotatable bonds is 0. The number of aromatic amines is 1. The minimum Gasteiger partial charge on any atom is -0.478 e. The van der Waals surface area contributed by atoms with Gasteiger partial charge in [-0.15, -0.1) is 5.10 Å². The van der Waals surface area contributed by atoms with Crippen molar-refractivity contribution in [3.05, 3.63) is 41.6 Å². The van der Waals surface area contributed by atoms with E-state index in [2.05, 4.69) is 31.1 Å². The number of ether oxygens (including phenoxy) is 2. The van der Waals surface area contributed by atoms with Crippen molar-refractivity contribution in [3.63, 3.8) is 0 Å². The Hall–Kier alpha value is -3.02. The molecule has 1 unspecified atom stereocenters. The Kier molecular flexibility index (Phi) is 5.09. The van der Waals surface area contributed by atoms with Crippen LogP contribution in [0, 0.1) is 5.41 Å². The number of aromatic nitrogens is 4. The van der Waals surface area contributed by atoms with E-state index in [1.165, 1.54) is 9.87 Å². The van der Waals surface area contributed by atoms with Crippen LogP contribution in [0.5, 0.6) is 17.6 Å². The van der Waals surface area contributed by atoms with E-state index in [9.17, 15) is 8.42 Å². The normalized spacial score (nSPS) is 28.3. The molecule has 188 valence electrons. The van der Waals surface area contributed by atoms with Gasteiger partial charge in [-0.2, -0.15) is 9.29 Å². The van der Waals surface area contributed by atoms with Gasteiger partial charge in [0.05, 0.1) is 6.61 Å². The number of benzene rings is 1. The highest BCUT2D eigenvalue weighted by Gasteiger charge is 2.52. The van der Waals surface area contributed by atoms with Gasteiger partial charge in [0.15, 0.2) is 0 Å². The summed E-state index contributed by atoms with van der Waals surface area (Å²) in [5.41, 5.74) is 4.16. The number of H-pyrrole nitrogens is 1. The molecule has 4 aliphatic heterocycles. The fraction of sp³-hybridized carbons (Fsp3) is 0.480. The van der Waals surface area contributed by atoms with Crippen LogP contribution < -0.4 is 9.47 Å². The smallest absolute Gasteiger partial charge is 0.342 e. The maximum absolute atomic E-state index is 13.3. The third kappa shape index (κ3) is 3.68. The second-order valence-corrected chi connectivity index (χ2v) is 12.2. The first kappa shape index (κ1) is 22.2. The third-order valence-corrected chi connectivity index (χ3v) is 9.52. The third-order valence-electron chi connectivity index (χ3n) is 7.91. The molecule has 1 N–H and O–H groups in total. The van der Waals surface area contributed by atoms with Crippen molar-refractivity contribution in [2.75, 3.05) is 39.3 Å². The van der Waals surface area contributed by atoms with E-state index in [0.717, 1.165) is 68.4 Å². The molecule has 2 aromatic heterocycles. The number of nitrogens with zero attached hydrogens (tertiary/aromatic N) is 5. The van der Waals surface area contributed by atoms with Gasteiger partial charge < -0.3 is 14.4 Å². The molecule has 10 nitrogen and oxygen atoms in total. The lowest BCUT2D eigenvalue weighted by molar-refractivity contribution is 0.0767. The number of aryl methyl sites for hydroxylation is 1. The molecule has 0 radical (unpaired) electrons. The predicted octanol–water partition coefficient (Wildman–Crippen LogP) is 2.63. The van der Waals surface area contributed by atoms with Crippen molar-refractivity contribution >= 4 is 10.0 Å². The monoisotopic (exact) mass is 508 g/mol. The molecular weight excluding hydrogens is 480 g/mol. The van der Waals surface area contributed by atoms with E-state index < -0.39 is 10.0 Å². The Labute approximate surface area is 209 Å². The van der Waals surface area contributed by atoms with Crippen LogP contribution in [-0.2, 0) is 22.9 Å². The fourth-order valence-corrected chi connectivity index (χ4v) is 7.54. The van der Waals surface area contributed by atoms with Crippen LogP contribution in [0.15, 0.2) is 35.6 Å². The van der Waals surface area contributed by atoms with Gasteiger partial charge in [0, 0.05) is 49.4 Å². The Morgan fingerprint density at radius 3 is 2.89 bits per heavy atom. The zero-order valence-corrected chi connectivity index (χ0v) is 20.8. The second kappa shape index (κ2) is 8.25. The van der Waals surface area contributed by atoms with Gasteiger partial charge in [0.2, 0.25) is 5.88 Å². The summed E-state index contributed by atoms with van der Waals surface area (Å²) in [4.78, 5) is 11.1. The summed E-state index contributed by atoms with van der Waals surface area (Å²) in [5.74, 6) is 1.24. The van der Waals surface area contributed by atoms with Crippen LogP contribution in [0.3, 0.4) is 0 Å². The molecule has 6 heterocycles. The van der Waals surface area contributed by atoms with E-state index in [1.807, 2.05) is 18.2 Å². The zero-order valence-electron chi connectivity index (χ0n) is 19.9. The number of nitrogens with one attached hydrogen (secondary N) is 1. The van der Waals surface area contributed by atoms with Crippen molar-refractivity contribution in [2.45, 2.75) is 37.3 Å². The number of fused-ring (bicyclic) bond motifs is 4. The molecule has 8 rings (SSSR count). The lowest BCUT2D eigenvalue weighted by Crippen LogP contribution is -2.59. The Bertz CT molecular complexity index is 1430. The standard InChI is InChI=1S/C25H28N6O4S/c32-36(33)24-27-23(28-29-24)35-22-19-4-1-3-17(19)5-6-20(22)18-7-9-26-21(13-18)34-12-2-10-30-11-8-25(14-30)15-31(36)16-25/h5-7,9,13H,1-4,8,10-12,14-16H2,(H,27,28,29). The van der Waals surface area contributed by atoms with Gasteiger partial charge in [-0.05, 0) is 61.4 Å². The van der Waals surface area contributed by atoms with E-state index in [4.69, 9.17) is 9.47 Å². The Morgan fingerprint density at radius 2 is 1.97 bits per heavy atom. The second-order valence-electron chi connectivity index (χ2n) is 10.3. The average Bonchev–Trinajstić information content (AvgIpc) is 3.60. The topological polar surface area (TPSA) is 114 Å². The van der Waals surface area contributed by atoms with Gasteiger partial charge in [-0.1, -0.05) is 12.1 Å². The lowest BCUT2D eigenvalue weighted by Gasteiger charge is -2.46. The summed E-state index contributed by atoms with van der Waals surface area (Å²) in [7, 11) is -3.76. The van der Waals surface area contributed by atoms with Crippen LogP contribution >= 0.6 is 0 Å². The van der Waals surface area contributed by atoms with Crippen molar-refractivity contribution in [1.29, 1.82) is 0 Å². The van der Waals surface area contributed by atoms with Crippen molar-refractivity contribution in [3.8, 4) is 28.8 Å². The number of sulfonamides is 1. The maximum Gasteiger partial charge on any atom is 0.342 e. The van der Waals surface area contributed by atoms with Gasteiger partial charge in [0.25, 0.3) is 15.2 Å². The first-order valence-electron chi connectivity index (χ1n) is 12.6. The first-order chi connectivity index (χ1) is 17.5. The molecule has 1 spiro atoms. The van der Waals surface area contributed by atoms with Crippen LogP contribution in [0.2, 0.25) is 0 Å². The molecule has 2 saturated heterocycles. The summed E-state index contributed by atoms with van der Waals surface area (Å²) in [6.07, 6.45) is 6.54. The van der Waals surface area contributed by atoms with Crippen LogP contribution in [0.1, 0.15) is 30.4 Å². The van der Waals surface area contributed by atoms with Crippen molar-refractivity contribution in [2.24, 2.45) is 5.41 Å². The van der Waals surface area contributed by atoms with Crippen LogP contribution in [0.4, 0.5) is 0 Å². The molecule has 36 heavy (non-hydrogen) atoms. The minimum atomic E-state index is -3.76. The highest BCUT2D eigenvalue weighted by Crippen LogP contribution is 2.43. The van der Waals surface area contributed by atoms with Gasteiger partial charge in [0.1, 0.15) is 5.75 Å². The highest BCUT2D eigenvalue weighted by atomic mass is 32.2. The summed E-state index contributed by atoms with van der Waals surface area (Å²) >= 11 is 0. The molecule has 1 atom stereocenters. The lowest BCUT2D eigenvalue weighted by atomic mass is 9.81. The van der Waals surface area contributed by atoms with Crippen molar-refractivity contribution < 1.29 is 17.9 Å². The van der Waals surface area contributed by atoms with E-state index in [-0.39, 0.29) is 16.6 Å². The molecule has 11 heteroatoms. The molecular formula is C25H28N6O4S. The summed E-state index contributed by atoms with van der Waals surface area (Å²) < 4.78 is 40.3. The molecule has 3 aromatic rings. The molecule has 5 aliphatic rings. The quantitative estimate of drug-likeness (QED) is 0.493. The van der Waals surface area contributed by atoms with Crippen molar-refractivity contribution in [1.82, 2.24) is 29.4 Å². The average molecular weight is 509 g/mol. The molecule has 0 amide bonds. The summed E-state index contributed by atoms with van der Waals surface area (Å²) in [5, 5.41) is 6.57. The number of pyridine rings is 1. The molecule has 0 saturated carbocycles. The largest absolute Gasteiger partial charge is 0.478 e.